The summed E-state index contributed by atoms with van der Waals surface area (Å²) in [6.45, 7) is 7.55. The number of aliphatic carboxylic acids is 1. The first-order valence-corrected chi connectivity index (χ1v) is 8.96. The smallest absolute Gasteiger partial charge is 0.326 e. The Bertz CT molecular complexity index is 583. The van der Waals surface area contributed by atoms with Crippen LogP contribution in [-0.2, 0) is 26.2 Å². The monoisotopic (exact) mass is 347 g/mol. The number of carbonyl (C=O) groups is 2. The molecule has 1 aliphatic heterocycles. The van der Waals surface area contributed by atoms with Gasteiger partial charge in [0.1, 0.15) is 6.04 Å². The Balaban J connectivity index is 1.87. The molecule has 1 aromatic carbocycles. The summed E-state index contributed by atoms with van der Waals surface area (Å²) in [6, 6.07) is 7.39. The molecule has 1 aromatic rings. The van der Waals surface area contributed by atoms with Crippen molar-refractivity contribution in [3.05, 3.63) is 35.4 Å². The Hall–Kier alpha value is -1.88. The zero-order valence-corrected chi connectivity index (χ0v) is 15.4. The normalized spacial score (nSPS) is 19.2. The van der Waals surface area contributed by atoms with E-state index in [1.807, 2.05) is 12.1 Å². The van der Waals surface area contributed by atoms with Gasteiger partial charge in [0.05, 0.1) is 6.61 Å². The van der Waals surface area contributed by atoms with E-state index in [-0.39, 0.29) is 23.7 Å². The molecule has 1 heterocycles. The van der Waals surface area contributed by atoms with Crippen LogP contribution in [0.4, 0.5) is 0 Å². The average Bonchev–Trinajstić information content (AvgIpc) is 2.58. The number of hydrogen-bond donors (Lipinski definition) is 2. The van der Waals surface area contributed by atoms with Gasteiger partial charge in [0.15, 0.2) is 0 Å². The molecule has 0 saturated carbocycles. The fraction of sp³-hybridized carbons (Fsp3) is 0.600. The summed E-state index contributed by atoms with van der Waals surface area (Å²) in [5, 5.41) is 12.1. The van der Waals surface area contributed by atoms with Crippen molar-refractivity contribution in [1.29, 1.82) is 0 Å². The van der Waals surface area contributed by atoms with Crippen LogP contribution in [0.1, 0.15) is 51.2 Å². The van der Waals surface area contributed by atoms with Crippen molar-refractivity contribution in [2.75, 3.05) is 13.2 Å². The van der Waals surface area contributed by atoms with Gasteiger partial charge in [-0.25, -0.2) is 4.79 Å². The summed E-state index contributed by atoms with van der Waals surface area (Å²) in [5.74, 6) is -1.36. The molecule has 138 valence electrons. The van der Waals surface area contributed by atoms with Crippen molar-refractivity contribution in [3.8, 4) is 0 Å². The van der Waals surface area contributed by atoms with Gasteiger partial charge in [0.25, 0.3) is 0 Å². The van der Waals surface area contributed by atoms with Crippen molar-refractivity contribution in [1.82, 2.24) is 5.32 Å². The first kappa shape index (κ1) is 19.4. The van der Waals surface area contributed by atoms with Crippen molar-refractivity contribution in [3.63, 3.8) is 0 Å². The zero-order valence-electron chi connectivity index (χ0n) is 15.4. The highest BCUT2D eigenvalue weighted by Crippen LogP contribution is 2.22. The molecule has 2 unspecified atom stereocenters. The van der Waals surface area contributed by atoms with Gasteiger partial charge in [-0.2, -0.15) is 0 Å². The van der Waals surface area contributed by atoms with Crippen LogP contribution in [0.25, 0.3) is 0 Å². The predicted octanol–water partition coefficient (Wildman–Crippen LogP) is 2.91. The highest BCUT2D eigenvalue weighted by Gasteiger charge is 2.31. The molecule has 25 heavy (non-hydrogen) atoms. The van der Waals surface area contributed by atoms with Crippen LogP contribution in [0.5, 0.6) is 0 Å². The number of carbonyl (C=O) groups excluding carboxylic acids is 1. The number of hydrogen-bond acceptors (Lipinski definition) is 3. The Labute approximate surface area is 149 Å². The van der Waals surface area contributed by atoms with E-state index in [0.29, 0.717) is 19.6 Å². The summed E-state index contributed by atoms with van der Waals surface area (Å²) < 4.78 is 5.35. The molecule has 5 heteroatoms. The van der Waals surface area contributed by atoms with E-state index in [9.17, 15) is 14.7 Å². The van der Waals surface area contributed by atoms with Gasteiger partial charge in [-0.15, -0.1) is 0 Å². The molecule has 2 atom stereocenters. The lowest BCUT2D eigenvalue weighted by Gasteiger charge is -2.28. The summed E-state index contributed by atoms with van der Waals surface area (Å²) >= 11 is 0. The van der Waals surface area contributed by atoms with Crippen LogP contribution in [0, 0.1) is 5.92 Å². The molecule has 2 rings (SSSR count). The third-order valence-electron chi connectivity index (χ3n) is 4.71. The highest BCUT2D eigenvalue weighted by atomic mass is 16.5. The second-order valence-electron chi connectivity index (χ2n) is 7.81. The quantitative estimate of drug-likeness (QED) is 0.830. The Morgan fingerprint density at radius 3 is 2.48 bits per heavy atom. The van der Waals surface area contributed by atoms with Crippen LogP contribution in [0.15, 0.2) is 24.3 Å². The molecular formula is C20H29NO4. The molecule has 1 saturated heterocycles. The molecule has 0 aromatic heterocycles. The van der Waals surface area contributed by atoms with Gasteiger partial charge in [0, 0.05) is 18.9 Å². The number of ether oxygens (including phenoxy) is 1. The van der Waals surface area contributed by atoms with E-state index in [1.54, 1.807) is 0 Å². The number of carboxylic acids is 1. The van der Waals surface area contributed by atoms with E-state index in [0.717, 1.165) is 18.4 Å². The minimum Gasteiger partial charge on any atom is -0.480 e. The van der Waals surface area contributed by atoms with Gasteiger partial charge in [-0.3, -0.25) is 4.79 Å². The molecule has 1 fully saturated rings. The number of rotatable bonds is 6. The average molecular weight is 347 g/mol. The molecule has 0 bridgehead atoms. The summed E-state index contributed by atoms with van der Waals surface area (Å²) in [4.78, 5) is 23.7. The second kappa shape index (κ2) is 8.48. The molecule has 0 radical (unpaired) electrons. The molecule has 0 aliphatic carbocycles. The van der Waals surface area contributed by atoms with Gasteiger partial charge >= 0.3 is 5.97 Å². The maximum Gasteiger partial charge on any atom is 0.326 e. The van der Waals surface area contributed by atoms with Crippen molar-refractivity contribution in [2.45, 2.75) is 57.9 Å². The number of nitrogens with one attached hydrogen (secondary N) is 1. The van der Waals surface area contributed by atoms with Gasteiger partial charge in [-0.1, -0.05) is 45.0 Å². The maximum atomic E-state index is 12.2. The Morgan fingerprint density at radius 2 is 1.96 bits per heavy atom. The Kier molecular flexibility index (Phi) is 6.59. The fourth-order valence-electron chi connectivity index (χ4n) is 3.08. The first-order valence-electron chi connectivity index (χ1n) is 8.96. The van der Waals surface area contributed by atoms with Crippen molar-refractivity contribution < 1.29 is 19.4 Å². The van der Waals surface area contributed by atoms with Crippen molar-refractivity contribution >= 4 is 11.9 Å². The van der Waals surface area contributed by atoms with Crippen LogP contribution in [-0.4, -0.2) is 36.2 Å². The van der Waals surface area contributed by atoms with Gasteiger partial charge in [-0.05, 0) is 35.8 Å². The summed E-state index contributed by atoms with van der Waals surface area (Å²) in [5.41, 5.74) is 2.44. The Morgan fingerprint density at radius 1 is 1.28 bits per heavy atom. The minimum absolute atomic E-state index is 0.104. The SMILES string of the molecule is CC(C)(C)c1ccc(CCC(=O)NC(C(=O)O)C2CCCOC2)cc1. The van der Waals surface area contributed by atoms with Crippen LogP contribution in [0.2, 0.25) is 0 Å². The van der Waals surface area contributed by atoms with E-state index in [1.165, 1.54) is 5.56 Å². The third-order valence-corrected chi connectivity index (χ3v) is 4.71. The number of benzene rings is 1. The lowest BCUT2D eigenvalue weighted by molar-refractivity contribution is -0.145. The largest absolute Gasteiger partial charge is 0.480 e. The minimum atomic E-state index is -0.988. The first-order chi connectivity index (χ1) is 11.8. The molecule has 5 nitrogen and oxygen atoms in total. The van der Waals surface area contributed by atoms with Crippen molar-refractivity contribution in [2.24, 2.45) is 5.92 Å². The fourth-order valence-corrected chi connectivity index (χ4v) is 3.08. The lowest BCUT2D eigenvalue weighted by Crippen LogP contribution is -2.48. The zero-order chi connectivity index (χ0) is 18.4. The predicted molar refractivity (Wildman–Crippen MR) is 96.6 cm³/mol. The standard InChI is InChI=1S/C20H29NO4/c1-20(2,3)16-9-6-14(7-10-16)8-11-17(22)21-18(19(23)24)15-5-4-12-25-13-15/h6-7,9-10,15,18H,4-5,8,11-13H2,1-3H3,(H,21,22)(H,23,24). The highest BCUT2D eigenvalue weighted by molar-refractivity contribution is 5.83. The number of amides is 1. The molecular weight excluding hydrogens is 318 g/mol. The molecule has 1 amide bonds. The molecule has 1 aliphatic rings. The number of carboxylic acid groups (broad SMARTS) is 1. The van der Waals surface area contributed by atoms with Gasteiger partial charge in [0.2, 0.25) is 5.91 Å². The van der Waals surface area contributed by atoms with Crippen LogP contribution < -0.4 is 5.32 Å². The summed E-state index contributed by atoms with van der Waals surface area (Å²) in [7, 11) is 0. The number of aryl methyl sites for hydroxylation is 1. The molecule has 0 spiro atoms. The van der Waals surface area contributed by atoms with E-state index >= 15 is 0 Å². The topological polar surface area (TPSA) is 75.6 Å². The van der Waals surface area contributed by atoms with Gasteiger partial charge < -0.3 is 15.2 Å². The summed E-state index contributed by atoms with van der Waals surface area (Å²) in [6.07, 6.45) is 2.49. The lowest BCUT2D eigenvalue weighted by atomic mass is 9.86. The molecule has 2 N–H and O–H groups in total. The van der Waals surface area contributed by atoms with Crippen LogP contribution in [0.3, 0.4) is 0 Å². The van der Waals surface area contributed by atoms with E-state index in [2.05, 4.69) is 38.2 Å². The second-order valence-corrected chi connectivity index (χ2v) is 7.81. The van der Waals surface area contributed by atoms with E-state index < -0.39 is 12.0 Å². The van der Waals surface area contributed by atoms with E-state index in [4.69, 9.17) is 4.74 Å². The third kappa shape index (κ3) is 5.85. The maximum absolute atomic E-state index is 12.2. The van der Waals surface area contributed by atoms with Crippen LogP contribution >= 0.6 is 0 Å².